The van der Waals surface area contributed by atoms with E-state index in [0.29, 0.717) is 10.0 Å². The van der Waals surface area contributed by atoms with Crippen molar-refractivity contribution in [1.29, 1.82) is 0 Å². The molecule has 5 heteroatoms. The molecular weight excluding hydrogens is 301 g/mol. The number of halogens is 3. The Labute approximate surface area is 106 Å². The fourth-order valence-corrected chi connectivity index (χ4v) is 2.15. The van der Waals surface area contributed by atoms with Crippen molar-refractivity contribution in [1.82, 2.24) is 0 Å². The number of hydrogen-bond donors (Lipinski definition) is 0. The van der Waals surface area contributed by atoms with Crippen LogP contribution in [-0.4, -0.2) is 17.1 Å². The van der Waals surface area contributed by atoms with Gasteiger partial charge in [-0.1, -0.05) is 56.4 Å². The molecule has 1 atom stereocenters. The standard InChI is InChI=1S/C10H8BrCl2NO/c11-5-6-4-9(14-15-6)7-2-1-3-8(12)10(7)13/h1-3,6H,4-5H2/t6-/m0/s1. The maximum Gasteiger partial charge on any atom is 0.142 e. The minimum absolute atomic E-state index is 0.0926. The second-order valence-electron chi connectivity index (χ2n) is 3.23. The van der Waals surface area contributed by atoms with Gasteiger partial charge in [0.05, 0.1) is 15.8 Å². The number of oxime groups is 1. The highest BCUT2D eigenvalue weighted by atomic mass is 79.9. The van der Waals surface area contributed by atoms with Crippen LogP contribution in [0.5, 0.6) is 0 Å². The molecule has 0 radical (unpaired) electrons. The maximum absolute atomic E-state index is 6.08. The van der Waals surface area contributed by atoms with Crippen LogP contribution in [0.15, 0.2) is 23.4 Å². The van der Waals surface area contributed by atoms with Gasteiger partial charge in [-0.25, -0.2) is 0 Å². The average Bonchev–Trinajstić information content (AvgIpc) is 2.70. The Bertz CT molecular complexity index is 408. The molecule has 2 rings (SSSR count). The Kier molecular flexibility index (Phi) is 3.54. The maximum atomic E-state index is 6.08. The zero-order valence-corrected chi connectivity index (χ0v) is 10.8. The molecule has 0 spiro atoms. The third-order valence-corrected chi connectivity index (χ3v) is 3.71. The molecule has 0 saturated carbocycles. The van der Waals surface area contributed by atoms with Crippen molar-refractivity contribution >= 4 is 44.8 Å². The van der Waals surface area contributed by atoms with E-state index in [1.165, 1.54) is 0 Å². The smallest absolute Gasteiger partial charge is 0.142 e. The van der Waals surface area contributed by atoms with Gasteiger partial charge in [0.2, 0.25) is 0 Å². The Balaban J connectivity index is 2.28. The highest BCUT2D eigenvalue weighted by Crippen LogP contribution is 2.29. The lowest BCUT2D eigenvalue weighted by molar-refractivity contribution is 0.104. The van der Waals surface area contributed by atoms with E-state index < -0.39 is 0 Å². The van der Waals surface area contributed by atoms with Crippen molar-refractivity contribution in [2.45, 2.75) is 12.5 Å². The number of rotatable bonds is 2. The Morgan fingerprint density at radius 1 is 1.47 bits per heavy atom. The van der Waals surface area contributed by atoms with E-state index in [4.69, 9.17) is 28.0 Å². The number of hydrogen-bond acceptors (Lipinski definition) is 2. The second kappa shape index (κ2) is 4.73. The molecule has 0 fully saturated rings. The minimum atomic E-state index is 0.0926. The van der Waals surface area contributed by atoms with Gasteiger partial charge < -0.3 is 4.84 Å². The molecule has 1 heterocycles. The average molecular weight is 309 g/mol. The molecular formula is C10H8BrCl2NO. The fourth-order valence-electron chi connectivity index (χ4n) is 1.40. The largest absolute Gasteiger partial charge is 0.391 e. The quantitative estimate of drug-likeness (QED) is 0.760. The van der Waals surface area contributed by atoms with E-state index in [-0.39, 0.29) is 6.10 Å². The molecule has 1 aliphatic rings. The van der Waals surface area contributed by atoms with Gasteiger partial charge >= 0.3 is 0 Å². The molecule has 80 valence electrons. The van der Waals surface area contributed by atoms with Gasteiger partial charge in [-0.2, -0.15) is 0 Å². The lowest BCUT2D eigenvalue weighted by Gasteiger charge is -2.04. The summed E-state index contributed by atoms with van der Waals surface area (Å²) >= 11 is 15.4. The van der Waals surface area contributed by atoms with Crippen LogP contribution in [0.1, 0.15) is 12.0 Å². The monoisotopic (exact) mass is 307 g/mol. The number of nitrogens with zero attached hydrogens (tertiary/aromatic N) is 1. The first-order chi connectivity index (χ1) is 7.22. The topological polar surface area (TPSA) is 21.6 Å². The molecule has 1 aromatic carbocycles. The third-order valence-electron chi connectivity index (χ3n) is 2.17. The zero-order valence-electron chi connectivity index (χ0n) is 7.71. The van der Waals surface area contributed by atoms with Crippen molar-refractivity contribution in [3.05, 3.63) is 33.8 Å². The summed E-state index contributed by atoms with van der Waals surface area (Å²) in [6.07, 6.45) is 0.848. The molecule has 0 unspecified atom stereocenters. The third kappa shape index (κ3) is 2.30. The normalized spacial score (nSPS) is 19.9. The van der Waals surface area contributed by atoms with Crippen LogP contribution in [0.4, 0.5) is 0 Å². The molecule has 0 aromatic heterocycles. The molecule has 0 bridgehead atoms. The molecule has 0 aliphatic carbocycles. The summed E-state index contributed by atoms with van der Waals surface area (Å²) in [5, 5.41) is 5.85. The van der Waals surface area contributed by atoms with Gasteiger partial charge in [0.25, 0.3) is 0 Å². The van der Waals surface area contributed by atoms with E-state index in [9.17, 15) is 0 Å². The first kappa shape index (κ1) is 11.2. The summed E-state index contributed by atoms with van der Waals surface area (Å²) in [4.78, 5) is 5.20. The van der Waals surface area contributed by atoms with E-state index in [2.05, 4.69) is 21.1 Å². The Hall–Kier alpha value is -0.250. The molecule has 0 N–H and O–H groups in total. The van der Waals surface area contributed by atoms with E-state index >= 15 is 0 Å². The Morgan fingerprint density at radius 3 is 2.93 bits per heavy atom. The van der Waals surface area contributed by atoms with Crippen LogP contribution >= 0.6 is 39.1 Å². The SMILES string of the molecule is Clc1cccc(C2=NO[C@H](CBr)C2)c1Cl. The summed E-state index contributed by atoms with van der Waals surface area (Å²) in [6.45, 7) is 0. The van der Waals surface area contributed by atoms with E-state index in [1.807, 2.05) is 12.1 Å². The second-order valence-corrected chi connectivity index (χ2v) is 4.66. The molecule has 1 aliphatic heterocycles. The van der Waals surface area contributed by atoms with Crippen molar-refractivity contribution in [3.8, 4) is 0 Å². The van der Waals surface area contributed by atoms with Gasteiger partial charge in [-0.3, -0.25) is 0 Å². The first-order valence-corrected chi connectivity index (χ1v) is 6.33. The molecule has 1 aromatic rings. The van der Waals surface area contributed by atoms with Gasteiger partial charge in [0.15, 0.2) is 0 Å². The predicted molar refractivity (Wildman–Crippen MR) is 66.3 cm³/mol. The van der Waals surface area contributed by atoms with Crippen LogP contribution in [0.25, 0.3) is 0 Å². The highest BCUT2D eigenvalue weighted by molar-refractivity contribution is 9.09. The molecule has 0 saturated heterocycles. The van der Waals surface area contributed by atoms with Gasteiger partial charge in [-0.05, 0) is 6.07 Å². The summed E-state index contributed by atoms with van der Waals surface area (Å²) in [7, 11) is 0. The molecule has 15 heavy (non-hydrogen) atoms. The lowest BCUT2D eigenvalue weighted by Crippen LogP contribution is -2.09. The van der Waals surface area contributed by atoms with Crippen molar-refractivity contribution in [3.63, 3.8) is 0 Å². The summed E-state index contributed by atoms with van der Waals surface area (Å²) in [6, 6.07) is 5.51. The van der Waals surface area contributed by atoms with Crippen LogP contribution in [0.3, 0.4) is 0 Å². The number of benzene rings is 1. The Morgan fingerprint density at radius 2 is 2.27 bits per heavy atom. The van der Waals surface area contributed by atoms with Crippen molar-refractivity contribution < 1.29 is 4.84 Å². The summed E-state index contributed by atoms with van der Waals surface area (Å²) in [5.74, 6) is 0. The molecule has 2 nitrogen and oxygen atoms in total. The number of alkyl halides is 1. The molecule has 0 amide bonds. The van der Waals surface area contributed by atoms with Crippen LogP contribution in [0.2, 0.25) is 10.0 Å². The first-order valence-electron chi connectivity index (χ1n) is 4.45. The predicted octanol–water partition coefficient (Wildman–Crippen LogP) is 3.88. The van der Waals surface area contributed by atoms with Crippen LogP contribution in [-0.2, 0) is 4.84 Å². The van der Waals surface area contributed by atoms with Gasteiger partial charge in [0.1, 0.15) is 6.10 Å². The van der Waals surface area contributed by atoms with E-state index in [0.717, 1.165) is 23.0 Å². The van der Waals surface area contributed by atoms with E-state index in [1.54, 1.807) is 6.07 Å². The lowest BCUT2D eigenvalue weighted by atomic mass is 10.1. The highest BCUT2D eigenvalue weighted by Gasteiger charge is 2.23. The summed E-state index contributed by atoms with van der Waals surface area (Å²) in [5.41, 5.74) is 1.71. The van der Waals surface area contributed by atoms with Crippen LogP contribution in [0, 0.1) is 0 Å². The zero-order chi connectivity index (χ0) is 10.8. The van der Waals surface area contributed by atoms with Crippen molar-refractivity contribution in [2.24, 2.45) is 5.16 Å². The van der Waals surface area contributed by atoms with Gasteiger partial charge in [-0.15, -0.1) is 0 Å². The minimum Gasteiger partial charge on any atom is -0.391 e. The van der Waals surface area contributed by atoms with Gasteiger partial charge in [0, 0.05) is 17.3 Å². The van der Waals surface area contributed by atoms with Crippen LogP contribution < -0.4 is 0 Å². The fraction of sp³-hybridized carbons (Fsp3) is 0.300. The summed E-state index contributed by atoms with van der Waals surface area (Å²) < 4.78 is 0. The van der Waals surface area contributed by atoms with Crippen molar-refractivity contribution in [2.75, 3.05) is 5.33 Å².